The highest BCUT2D eigenvalue weighted by Crippen LogP contribution is 2.50. The molecule has 0 bridgehead atoms. The van der Waals surface area contributed by atoms with Crippen molar-refractivity contribution in [1.29, 1.82) is 0 Å². The van der Waals surface area contributed by atoms with E-state index in [2.05, 4.69) is 15.5 Å². The molecule has 0 radical (unpaired) electrons. The van der Waals surface area contributed by atoms with Gasteiger partial charge in [0.2, 0.25) is 11.7 Å². The summed E-state index contributed by atoms with van der Waals surface area (Å²) in [6.07, 6.45) is 2.32. The monoisotopic (exact) mass is 316 g/mol. The zero-order valence-corrected chi connectivity index (χ0v) is 13.5. The fourth-order valence-corrected chi connectivity index (χ4v) is 3.77. The summed E-state index contributed by atoms with van der Waals surface area (Å²) in [6, 6.07) is 5.00. The highest BCUT2D eigenvalue weighted by molar-refractivity contribution is 5.56. The van der Waals surface area contributed by atoms with Crippen LogP contribution in [-0.2, 0) is 12.0 Å². The second kappa shape index (κ2) is 5.39. The summed E-state index contributed by atoms with van der Waals surface area (Å²) in [5.41, 5.74) is 1.47. The fraction of sp³-hybridized carbons (Fsp3) is 0.529. The number of nitrogens with zero attached hydrogens (tertiary/aromatic N) is 3. The molecule has 1 saturated heterocycles. The van der Waals surface area contributed by atoms with Gasteiger partial charge >= 0.3 is 0 Å². The van der Waals surface area contributed by atoms with Crippen molar-refractivity contribution in [1.82, 2.24) is 20.4 Å². The van der Waals surface area contributed by atoms with Gasteiger partial charge in [-0.15, -0.1) is 0 Å². The first-order valence-electron chi connectivity index (χ1n) is 8.07. The van der Waals surface area contributed by atoms with Crippen LogP contribution in [0.15, 0.2) is 22.7 Å². The van der Waals surface area contributed by atoms with E-state index in [0.29, 0.717) is 23.9 Å². The Kier molecular flexibility index (Phi) is 3.46. The molecule has 1 aromatic carbocycles. The van der Waals surface area contributed by atoms with Crippen LogP contribution < -0.4 is 5.32 Å². The molecule has 1 aromatic heterocycles. The molecular weight excluding hydrogens is 295 g/mol. The van der Waals surface area contributed by atoms with Gasteiger partial charge in [0.15, 0.2) is 0 Å². The number of halogens is 1. The number of hydrogen-bond acceptors (Lipinski definition) is 5. The maximum Gasteiger partial charge on any atom is 0.234 e. The maximum absolute atomic E-state index is 13.9. The van der Waals surface area contributed by atoms with Crippen LogP contribution in [0.25, 0.3) is 11.4 Å². The summed E-state index contributed by atoms with van der Waals surface area (Å²) in [7, 11) is 3.84. The molecule has 23 heavy (non-hydrogen) atoms. The third-order valence-electron chi connectivity index (χ3n) is 5.19. The van der Waals surface area contributed by atoms with Crippen molar-refractivity contribution in [2.75, 3.05) is 27.2 Å². The minimum Gasteiger partial charge on any atom is -0.338 e. The van der Waals surface area contributed by atoms with Crippen LogP contribution in [0.1, 0.15) is 24.3 Å². The predicted molar refractivity (Wildman–Crippen MR) is 84.4 cm³/mol. The number of aromatic nitrogens is 2. The summed E-state index contributed by atoms with van der Waals surface area (Å²) in [4.78, 5) is 6.57. The SMILES string of the molecule is CN(C)Cc1cc(-c2noc([C@]34CC[C@H]3CNC4)n2)ccc1F. The van der Waals surface area contributed by atoms with E-state index in [1.165, 1.54) is 12.5 Å². The lowest BCUT2D eigenvalue weighted by Gasteiger charge is -2.40. The quantitative estimate of drug-likeness (QED) is 0.937. The first-order chi connectivity index (χ1) is 11.1. The van der Waals surface area contributed by atoms with Crippen molar-refractivity contribution in [3.05, 3.63) is 35.5 Å². The van der Waals surface area contributed by atoms with Gasteiger partial charge in [0.25, 0.3) is 0 Å². The molecule has 6 heteroatoms. The summed E-state index contributed by atoms with van der Waals surface area (Å²) < 4.78 is 19.5. The van der Waals surface area contributed by atoms with E-state index in [-0.39, 0.29) is 11.2 Å². The van der Waals surface area contributed by atoms with Crippen molar-refractivity contribution < 1.29 is 8.91 Å². The maximum atomic E-state index is 13.9. The van der Waals surface area contributed by atoms with Crippen LogP contribution in [0.3, 0.4) is 0 Å². The van der Waals surface area contributed by atoms with Crippen LogP contribution >= 0.6 is 0 Å². The molecule has 1 saturated carbocycles. The molecule has 2 aliphatic rings. The van der Waals surface area contributed by atoms with Crippen LogP contribution in [0.5, 0.6) is 0 Å². The number of rotatable bonds is 4. The molecule has 122 valence electrons. The van der Waals surface area contributed by atoms with Gasteiger partial charge in [-0.05, 0) is 57.6 Å². The Labute approximate surface area is 134 Å². The van der Waals surface area contributed by atoms with Crippen LogP contribution in [-0.4, -0.2) is 42.2 Å². The summed E-state index contributed by atoms with van der Waals surface area (Å²) in [5.74, 6) is 1.68. The van der Waals surface area contributed by atoms with Gasteiger partial charge in [0.05, 0.1) is 5.41 Å². The fourth-order valence-electron chi connectivity index (χ4n) is 3.77. The van der Waals surface area contributed by atoms with E-state index in [0.717, 1.165) is 31.0 Å². The molecule has 1 N–H and O–H groups in total. The molecule has 0 spiro atoms. The lowest BCUT2D eigenvalue weighted by Crippen LogP contribution is -2.43. The van der Waals surface area contributed by atoms with Gasteiger partial charge in [-0.3, -0.25) is 0 Å². The molecule has 0 unspecified atom stereocenters. The average Bonchev–Trinajstić information content (AvgIpc) is 3.07. The first-order valence-corrected chi connectivity index (χ1v) is 8.07. The molecule has 2 aromatic rings. The third-order valence-corrected chi connectivity index (χ3v) is 5.19. The minimum absolute atomic E-state index is 0.0255. The second-order valence-corrected chi connectivity index (χ2v) is 6.99. The van der Waals surface area contributed by atoms with Crippen LogP contribution in [0, 0.1) is 11.7 Å². The average molecular weight is 316 g/mol. The number of hydrogen-bond donors (Lipinski definition) is 1. The molecule has 4 rings (SSSR count). The Morgan fingerprint density at radius 3 is 3.00 bits per heavy atom. The van der Waals surface area contributed by atoms with Gasteiger partial charge < -0.3 is 14.7 Å². The molecule has 1 aliphatic heterocycles. The molecule has 0 amide bonds. The van der Waals surface area contributed by atoms with Crippen LogP contribution in [0.2, 0.25) is 0 Å². The minimum atomic E-state index is -0.205. The Morgan fingerprint density at radius 1 is 1.43 bits per heavy atom. The summed E-state index contributed by atoms with van der Waals surface area (Å²) in [5, 5.41) is 7.57. The van der Waals surface area contributed by atoms with E-state index < -0.39 is 0 Å². The van der Waals surface area contributed by atoms with Gasteiger partial charge in [-0.25, -0.2) is 4.39 Å². The zero-order chi connectivity index (χ0) is 16.0. The number of fused-ring (bicyclic) bond motifs is 1. The lowest BCUT2D eigenvalue weighted by molar-refractivity contribution is 0.131. The van der Waals surface area contributed by atoms with Gasteiger partial charge in [0.1, 0.15) is 5.82 Å². The van der Waals surface area contributed by atoms with Crippen molar-refractivity contribution in [2.24, 2.45) is 5.92 Å². The number of benzene rings is 1. The standard InChI is InChI=1S/C17H21FN4O/c1-22(2)9-12-7-11(3-4-14(12)18)15-20-16(23-21-15)17-6-5-13(17)8-19-10-17/h3-4,7,13,19H,5-6,8-10H2,1-2H3/t13-,17-/m0/s1. The third kappa shape index (κ3) is 2.37. The number of nitrogens with one attached hydrogen (secondary N) is 1. The van der Waals surface area contributed by atoms with Crippen molar-refractivity contribution in [2.45, 2.75) is 24.8 Å². The highest BCUT2D eigenvalue weighted by atomic mass is 19.1. The van der Waals surface area contributed by atoms with E-state index in [4.69, 9.17) is 4.52 Å². The van der Waals surface area contributed by atoms with Crippen LogP contribution in [0.4, 0.5) is 4.39 Å². The lowest BCUT2D eigenvalue weighted by atomic mass is 9.62. The normalized spacial score (nSPS) is 26.3. The molecular formula is C17H21FN4O. The Morgan fingerprint density at radius 2 is 2.30 bits per heavy atom. The van der Waals surface area contributed by atoms with Gasteiger partial charge in [-0.1, -0.05) is 5.16 Å². The van der Waals surface area contributed by atoms with Gasteiger partial charge in [0, 0.05) is 24.2 Å². The second-order valence-electron chi connectivity index (χ2n) is 6.99. The van der Waals surface area contributed by atoms with E-state index in [9.17, 15) is 4.39 Å². The Balaban J connectivity index is 1.64. The zero-order valence-electron chi connectivity index (χ0n) is 13.5. The topological polar surface area (TPSA) is 54.2 Å². The van der Waals surface area contributed by atoms with Crippen molar-refractivity contribution in [3.8, 4) is 11.4 Å². The molecule has 2 heterocycles. The highest BCUT2D eigenvalue weighted by Gasteiger charge is 2.54. The predicted octanol–water partition coefficient (Wildman–Crippen LogP) is 2.19. The Hall–Kier alpha value is -1.79. The van der Waals surface area contributed by atoms with Gasteiger partial charge in [-0.2, -0.15) is 4.98 Å². The summed E-state index contributed by atoms with van der Waals surface area (Å²) in [6.45, 7) is 2.48. The largest absolute Gasteiger partial charge is 0.338 e. The molecule has 2 fully saturated rings. The van der Waals surface area contributed by atoms with Crippen molar-refractivity contribution in [3.63, 3.8) is 0 Å². The summed E-state index contributed by atoms with van der Waals surface area (Å²) >= 11 is 0. The van der Waals surface area contributed by atoms with Crippen molar-refractivity contribution >= 4 is 0 Å². The first kappa shape index (κ1) is 14.8. The van der Waals surface area contributed by atoms with E-state index in [1.807, 2.05) is 25.1 Å². The molecule has 2 atom stereocenters. The molecule has 5 nitrogen and oxygen atoms in total. The molecule has 1 aliphatic carbocycles. The van der Waals surface area contributed by atoms with E-state index >= 15 is 0 Å². The smallest absolute Gasteiger partial charge is 0.234 e. The Bertz CT molecular complexity index is 729. The van der Waals surface area contributed by atoms with E-state index in [1.54, 1.807) is 6.07 Å².